The minimum atomic E-state index is -0.267. The quantitative estimate of drug-likeness (QED) is 0.832. The summed E-state index contributed by atoms with van der Waals surface area (Å²) in [7, 11) is 1.90. The van der Waals surface area contributed by atoms with Crippen LogP contribution in [-0.2, 0) is 23.0 Å². The summed E-state index contributed by atoms with van der Waals surface area (Å²) >= 11 is 0. The predicted octanol–water partition coefficient (Wildman–Crippen LogP) is 2.56. The van der Waals surface area contributed by atoms with Gasteiger partial charge in [0.05, 0.1) is 12.3 Å². The van der Waals surface area contributed by atoms with E-state index in [9.17, 15) is 9.59 Å². The van der Waals surface area contributed by atoms with Crippen LogP contribution in [0.4, 0.5) is 4.79 Å². The van der Waals surface area contributed by atoms with Crippen LogP contribution in [0.25, 0.3) is 11.0 Å². The second kappa shape index (κ2) is 8.80. The molecule has 29 heavy (non-hydrogen) atoms. The molecule has 8 heteroatoms. The van der Waals surface area contributed by atoms with Crippen molar-refractivity contribution in [3.05, 3.63) is 22.5 Å². The summed E-state index contributed by atoms with van der Waals surface area (Å²) in [6, 6.07) is 0.108. The smallest absolute Gasteiger partial charge is 0.409 e. The molecule has 2 aromatic rings. The first-order chi connectivity index (χ1) is 13.8. The van der Waals surface area contributed by atoms with E-state index in [-0.39, 0.29) is 18.0 Å². The third-order valence-electron chi connectivity index (χ3n) is 5.72. The lowest BCUT2D eigenvalue weighted by atomic mass is 9.98. The number of ether oxygens (including phenoxy) is 1. The molecule has 1 fully saturated rings. The van der Waals surface area contributed by atoms with Gasteiger partial charge in [-0.05, 0) is 58.1 Å². The van der Waals surface area contributed by atoms with Crippen molar-refractivity contribution < 1.29 is 14.3 Å². The van der Waals surface area contributed by atoms with Gasteiger partial charge in [0.1, 0.15) is 0 Å². The van der Waals surface area contributed by atoms with Crippen LogP contribution in [0.5, 0.6) is 0 Å². The molecule has 0 radical (unpaired) electrons. The van der Waals surface area contributed by atoms with Crippen LogP contribution in [0.2, 0.25) is 0 Å². The second-order valence-corrected chi connectivity index (χ2v) is 7.74. The highest BCUT2D eigenvalue weighted by Crippen LogP contribution is 2.26. The largest absolute Gasteiger partial charge is 0.450 e. The molecule has 1 N–H and O–H groups in total. The van der Waals surface area contributed by atoms with Gasteiger partial charge < -0.3 is 15.0 Å². The van der Waals surface area contributed by atoms with Gasteiger partial charge in [-0.1, -0.05) is 0 Å². The van der Waals surface area contributed by atoms with Crippen LogP contribution in [0.1, 0.15) is 48.7 Å². The fraction of sp³-hybridized carbons (Fsp3) is 0.619. The Balaban J connectivity index is 1.56. The topological polar surface area (TPSA) is 89.3 Å². The number of fused-ring (bicyclic) bond motifs is 1. The lowest BCUT2D eigenvalue weighted by Crippen LogP contribution is -2.46. The van der Waals surface area contributed by atoms with Crippen molar-refractivity contribution in [3.8, 4) is 0 Å². The van der Waals surface area contributed by atoms with Gasteiger partial charge in [0.25, 0.3) is 0 Å². The number of carbonyl (C=O) groups excluding carboxylic acids is 2. The Morgan fingerprint density at radius 3 is 2.52 bits per heavy atom. The molecule has 3 heterocycles. The van der Waals surface area contributed by atoms with Gasteiger partial charge in [0, 0.05) is 43.7 Å². The normalized spacial score (nSPS) is 15.0. The summed E-state index contributed by atoms with van der Waals surface area (Å²) in [6.45, 7) is 9.49. The standard InChI is InChI=1S/C21H31N5O3/c1-6-29-21(28)26-11-9-16(10-12-26)23-18(27)8-7-17-13(2)19-15(4)24-25(5)20(19)22-14(17)3/h16H,6-12H2,1-5H3,(H,23,27). The highest BCUT2D eigenvalue weighted by molar-refractivity contribution is 5.84. The molecule has 8 nitrogen and oxygen atoms in total. The van der Waals surface area contributed by atoms with Gasteiger partial charge >= 0.3 is 6.09 Å². The van der Waals surface area contributed by atoms with E-state index in [0.717, 1.165) is 46.4 Å². The number of nitrogens with one attached hydrogen (secondary N) is 1. The fourth-order valence-electron chi connectivity index (χ4n) is 4.19. The van der Waals surface area contributed by atoms with Crippen LogP contribution in [0, 0.1) is 20.8 Å². The summed E-state index contributed by atoms with van der Waals surface area (Å²) in [5.74, 6) is 0.0430. The number of hydrogen-bond acceptors (Lipinski definition) is 5. The van der Waals surface area contributed by atoms with E-state index >= 15 is 0 Å². The third kappa shape index (κ3) is 4.52. The molecule has 0 saturated carbocycles. The maximum Gasteiger partial charge on any atom is 0.409 e. The Morgan fingerprint density at radius 1 is 1.17 bits per heavy atom. The van der Waals surface area contributed by atoms with E-state index in [2.05, 4.69) is 17.3 Å². The SMILES string of the molecule is CCOC(=O)N1CCC(NC(=O)CCc2c(C)nc3c(c(C)nn3C)c2C)CC1. The highest BCUT2D eigenvalue weighted by atomic mass is 16.6. The third-order valence-corrected chi connectivity index (χ3v) is 5.72. The fourth-order valence-corrected chi connectivity index (χ4v) is 4.19. The molecule has 0 spiro atoms. The molecule has 0 atom stereocenters. The number of amides is 2. The maximum atomic E-state index is 12.5. The number of pyridine rings is 1. The van der Waals surface area contributed by atoms with Gasteiger partial charge in [-0.15, -0.1) is 0 Å². The van der Waals surface area contributed by atoms with E-state index in [1.54, 1.807) is 11.8 Å². The molecule has 1 aliphatic heterocycles. The number of piperidine rings is 1. The van der Waals surface area contributed by atoms with Crippen molar-refractivity contribution in [1.29, 1.82) is 0 Å². The Hall–Kier alpha value is -2.64. The summed E-state index contributed by atoms with van der Waals surface area (Å²) < 4.78 is 6.85. The summed E-state index contributed by atoms with van der Waals surface area (Å²) in [6.07, 6.45) is 2.32. The molecular weight excluding hydrogens is 370 g/mol. The lowest BCUT2D eigenvalue weighted by Gasteiger charge is -2.31. The number of hydrogen-bond donors (Lipinski definition) is 1. The monoisotopic (exact) mass is 401 g/mol. The van der Waals surface area contributed by atoms with Gasteiger partial charge in [0.15, 0.2) is 5.65 Å². The molecule has 0 bridgehead atoms. The summed E-state index contributed by atoms with van der Waals surface area (Å²) in [5, 5.41) is 8.67. The molecule has 0 unspecified atom stereocenters. The zero-order valence-electron chi connectivity index (χ0n) is 18.0. The first kappa shape index (κ1) is 21.1. The molecule has 1 aliphatic rings. The molecule has 1 saturated heterocycles. The first-order valence-corrected chi connectivity index (χ1v) is 10.3. The van der Waals surface area contributed by atoms with E-state index in [0.29, 0.717) is 32.5 Å². The summed E-state index contributed by atoms with van der Waals surface area (Å²) in [4.78, 5) is 30.7. The predicted molar refractivity (Wildman–Crippen MR) is 111 cm³/mol. The van der Waals surface area contributed by atoms with Gasteiger partial charge in [-0.3, -0.25) is 9.48 Å². The Kier molecular flexibility index (Phi) is 6.39. The zero-order chi connectivity index (χ0) is 21.1. The first-order valence-electron chi connectivity index (χ1n) is 10.3. The number of likely N-dealkylation sites (tertiary alicyclic amines) is 1. The molecule has 158 valence electrons. The average molecular weight is 402 g/mol. The van der Waals surface area contributed by atoms with Crippen molar-refractivity contribution in [2.75, 3.05) is 19.7 Å². The van der Waals surface area contributed by atoms with Crippen molar-refractivity contribution in [2.45, 2.75) is 59.4 Å². The van der Waals surface area contributed by atoms with Gasteiger partial charge in [-0.25, -0.2) is 9.78 Å². The van der Waals surface area contributed by atoms with Crippen LogP contribution in [0.3, 0.4) is 0 Å². The lowest BCUT2D eigenvalue weighted by molar-refractivity contribution is -0.122. The number of carbonyl (C=O) groups is 2. The molecule has 2 aromatic heterocycles. The van der Waals surface area contributed by atoms with Crippen LogP contribution < -0.4 is 5.32 Å². The van der Waals surface area contributed by atoms with E-state index in [1.807, 2.05) is 25.6 Å². The van der Waals surface area contributed by atoms with E-state index in [1.165, 1.54) is 0 Å². The molecular formula is C21H31N5O3. The maximum absolute atomic E-state index is 12.5. The Bertz CT molecular complexity index is 913. The van der Waals surface area contributed by atoms with Crippen molar-refractivity contribution in [1.82, 2.24) is 25.0 Å². The van der Waals surface area contributed by atoms with E-state index in [4.69, 9.17) is 9.72 Å². The minimum Gasteiger partial charge on any atom is -0.450 e. The average Bonchev–Trinajstić information content (AvgIpc) is 2.95. The van der Waals surface area contributed by atoms with Crippen LogP contribution in [0.15, 0.2) is 0 Å². The zero-order valence-corrected chi connectivity index (χ0v) is 18.0. The number of rotatable bonds is 5. The number of nitrogens with zero attached hydrogens (tertiary/aromatic N) is 4. The Morgan fingerprint density at radius 2 is 1.86 bits per heavy atom. The summed E-state index contributed by atoms with van der Waals surface area (Å²) in [5.41, 5.74) is 5.09. The molecule has 0 aliphatic carbocycles. The minimum absolute atomic E-state index is 0.0430. The Labute approximate surface area is 171 Å². The number of aryl methyl sites for hydroxylation is 4. The van der Waals surface area contributed by atoms with Crippen LogP contribution in [-0.4, -0.2) is 57.4 Å². The number of aromatic nitrogens is 3. The van der Waals surface area contributed by atoms with Gasteiger partial charge in [0.2, 0.25) is 5.91 Å². The molecule has 0 aromatic carbocycles. The van der Waals surface area contributed by atoms with E-state index < -0.39 is 0 Å². The molecule has 2 amide bonds. The second-order valence-electron chi connectivity index (χ2n) is 7.74. The van der Waals surface area contributed by atoms with Gasteiger partial charge in [-0.2, -0.15) is 5.10 Å². The molecule has 3 rings (SSSR count). The van der Waals surface area contributed by atoms with Crippen molar-refractivity contribution in [2.24, 2.45) is 7.05 Å². The van der Waals surface area contributed by atoms with Crippen molar-refractivity contribution in [3.63, 3.8) is 0 Å². The highest BCUT2D eigenvalue weighted by Gasteiger charge is 2.24. The van der Waals surface area contributed by atoms with Crippen molar-refractivity contribution >= 4 is 23.0 Å². The van der Waals surface area contributed by atoms with Crippen LogP contribution >= 0.6 is 0 Å².